The molecule has 2 aliphatic carbocycles. The maximum Gasteiger partial charge on any atom is 0.410 e. The summed E-state index contributed by atoms with van der Waals surface area (Å²) < 4.78 is 5.66. The van der Waals surface area contributed by atoms with Gasteiger partial charge in [0.2, 0.25) is 0 Å². The molecule has 1 amide bonds. The van der Waals surface area contributed by atoms with E-state index in [2.05, 4.69) is 12.1 Å². The summed E-state index contributed by atoms with van der Waals surface area (Å²) in [4.78, 5) is 14.9. The summed E-state index contributed by atoms with van der Waals surface area (Å²) >= 11 is 0. The Kier molecular flexibility index (Phi) is 4.93. The molecule has 26 heavy (non-hydrogen) atoms. The van der Waals surface area contributed by atoms with E-state index in [0.717, 1.165) is 30.4 Å². The SMILES string of the molecule is N[C@H]1C[C@@H]2C[C@H]1[C@@H](N(Cc1ccccc1)C(=O)OCc1ccccc1)C2. The van der Waals surface area contributed by atoms with E-state index in [9.17, 15) is 4.79 Å². The van der Waals surface area contributed by atoms with Crippen molar-refractivity contribution in [1.29, 1.82) is 0 Å². The monoisotopic (exact) mass is 350 g/mol. The molecule has 4 nitrogen and oxygen atoms in total. The Morgan fingerprint density at radius 3 is 2.23 bits per heavy atom. The van der Waals surface area contributed by atoms with E-state index in [-0.39, 0.29) is 18.2 Å². The Bertz CT molecular complexity index is 734. The van der Waals surface area contributed by atoms with Crippen LogP contribution in [0.25, 0.3) is 0 Å². The topological polar surface area (TPSA) is 55.6 Å². The Morgan fingerprint density at radius 2 is 1.62 bits per heavy atom. The lowest BCUT2D eigenvalue weighted by Crippen LogP contribution is -2.48. The van der Waals surface area contributed by atoms with Gasteiger partial charge in [-0.05, 0) is 42.2 Å². The fourth-order valence-corrected chi connectivity index (χ4v) is 4.62. The fourth-order valence-electron chi connectivity index (χ4n) is 4.62. The maximum absolute atomic E-state index is 13.0. The molecule has 0 unspecified atom stereocenters. The summed E-state index contributed by atoms with van der Waals surface area (Å²) in [6.07, 6.45) is 3.05. The zero-order chi connectivity index (χ0) is 17.9. The molecule has 4 heteroatoms. The molecule has 136 valence electrons. The highest BCUT2D eigenvalue weighted by Crippen LogP contribution is 2.46. The van der Waals surface area contributed by atoms with Crippen LogP contribution < -0.4 is 5.73 Å². The number of ether oxygens (including phenoxy) is 1. The van der Waals surface area contributed by atoms with Crippen molar-refractivity contribution in [1.82, 2.24) is 4.90 Å². The number of carbonyl (C=O) groups is 1. The molecule has 2 saturated carbocycles. The van der Waals surface area contributed by atoms with Gasteiger partial charge in [-0.1, -0.05) is 60.7 Å². The molecule has 4 atom stereocenters. The van der Waals surface area contributed by atoms with Gasteiger partial charge in [-0.25, -0.2) is 4.79 Å². The Hall–Kier alpha value is -2.33. The number of carbonyl (C=O) groups excluding carboxylic acids is 1. The fraction of sp³-hybridized carbons (Fsp3) is 0.409. The van der Waals surface area contributed by atoms with Crippen LogP contribution in [0.3, 0.4) is 0 Å². The van der Waals surface area contributed by atoms with E-state index >= 15 is 0 Å². The Balaban J connectivity index is 1.49. The van der Waals surface area contributed by atoms with Gasteiger partial charge in [0.15, 0.2) is 0 Å². The standard InChI is InChI=1S/C22H26N2O2/c23-20-12-18-11-19(20)21(13-18)24(14-16-7-3-1-4-8-16)22(25)26-15-17-9-5-2-6-10-17/h1-10,18-21H,11-15,23H2/t18-,19+,20-,21-/m0/s1. The highest BCUT2D eigenvalue weighted by molar-refractivity contribution is 5.68. The van der Waals surface area contributed by atoms with Gasteiger partial charge in [-0.2, -0.15) is 0 Å². The lowest BCUT2D eigenvalue weighted by atomic mass is 9.90. The smallest absolute Gasteiger partial charge is 0.410 e. The van der Waals surface area contributed by atoms with E-state index in [1.165, 1.54) is 0 Å². The number of nitrogens with two attached hydrogens (primary N) is 1. The van der Waals surface area contributed by atoms with Crippen molar-refractivity contribution in [3.05, 3.63) is 71.8 Å². The Labute approximate surface area is 155 Å². The van der Waals surface area contributed by atoms with Crippen LogP contribution in [0.5, 0.6) is 0 Å². The number of benzene rings is 2. The van der Waals surface area contributed by atoms with Crippen LogP contribution in [0.2, 0.25) is 0 Å². The second-order valence-electron chi connectivity index (χ2n) is 7.62. The van der Waals surface area contributed by atoms with Crippen molar-refractivity contribution in [2.75, 3.05) is 0 Å². The normalized spacial score (nSPS) is 26.7. The average Bonchev–Trinajstić information content (AvgIpc) is 3.25. The first-order valence-corrected chi connectivity index (χ1v) is 9.47. The molecule has 2 aromatic carbocycles. The molecule has 2 fully saturated rings. The number of hydrogen-bond donors (Lipinski definition) is 1. The van der Waals surface area contributed by atoms with Crippen LogP contribution in [-0.4, -0.2) is 23.1 Å². The second kappa shape index (κ2) is 7.50. The summed E-state index contributed by atoms with van der Waals surface area (Å²) in [5, 5.41) is 0. The second-order valence-corrected chi connectivity index (χ2v) is 7.62. The minimum atomic E-state index is -0.234. The number of fused-ring (bicyclic) bond motifs is 2. The van der Waals surface area contributed by atoms with E-state index in [0.29, 0.717) is 25.0 Å². The van der Waals surface area contributed by atoms with Crippen LogP contribution in [0, 0.1) is 11.8 Å². The predicted molar refractivity (Wildman–Crippen MR) is 101 cm³/mol. The zero-order valence-electron chi connectivity index (χ0n) is 15.0. The van der Waals surface area contributed by atoms with Crippen molar-refractivity contribution in [2.24, 2.45) is 17.6 Å². The summed E-state index contributed by atoms with van der Waals surface area (Å²) in [6, 6.07) is 20.4. The van der Waals surface area contributed by atoms with Gasteiger partial charge in [0.25, 0.3) is 0 Å². The van der Waals surface area contributed by atoms with Crippen molar-refractivity contribution in [3.8, 4) is 0 Å². The van der Waals surface area contributed by atoms with Gasteiger partial charge < -0.3 is 15.4 Å². The lowest BCUT2D eigenvalue weighted by Gasteiger charge is -2.36. The van der Waals surface area contributed by atoms with Crippen molar-refractivity contribution in [3.63, 3.8) is 0 Å². The minimum Gasteiger partial charge on any atom is -0.445 e. The third kappa shape index (κ3) is 3.61. The molecule has 2 aromatic rings. The summed E-state index contributed by atoms with van der Waals surface area (Å²) in [7, 11) is 0. The van der Waals surface area contributed by atoms with E-state index in [1.807, 2.05) is 53.4 Å². The molecular formula is C22H26N2O2. The Morgan fingerprint density at radius 1 is 0.962 bits per heavy atom. The molecule has 2 aliphatic rings. The van der Waals surface area contributed by atoms with E-state index in [4.69, 9.17) is 10.5 Å². The first-order valence-electron chi connectivity index (χ1n) is 9.47. The van der Waals surface area contributed by atoms with Crippen LogP contribution in [0.1, 0.15) is 30.4 Å². The number of hydrogen-bond acceptors (Lipinski definition) is 3. The van der Waals surface area contributed by atoms with Gasteiger partial charge in [0.1, 0.15) is 6.61 Å². The minimum absolute atomic E-state index is 0.187. The first kappa shape index (κ1) is 17.1. The molecular weight excluding hydrogens is 324 g/mol. The molecule has 2 bridgehead atoms. The summed E-state index contributed by atoms with van der Waals surface area (Å²) in [5.74, 6) is 1.05. The highest BCUT2D eigenvalue weighted by Gasteiger charge is 2.48. The van der Waals surface area contributed by atoms with Crippen LogP contribution in [-0.2, 0) is 17.9 Å². The van der Waals surface area contributed by atoms with Crippen LogP contribution in [0.15, 0.2) is 60.7 Å². The van der Waals surface area contributed by atoms with Gasteiger partial charge in [0, 0.05) is 18.6 Å². The van der Waals surface area contributed by atoms with E-state index in [1.54, 1.807) is 0 Å². The molecule has 2 N–H and O–H groups in total. The first-order chi connectivity index (χ1) is 12.7. The van der Waals surface area contributed by atoms with Crippen molar-refractivity contribution < 1.29 is 9.53 Å². The molecule has 4 rings (SSSR count). The van der Waals surface area contributed by atoms with E-state index < -0.39 is 0 Å². The highest BCUT2D eigenvalue weighted by atomic mass is 16.6. The number of rotatable bonds is 5. The molecule has 0 spiro atoms. The molecule has 0 saturated heterocycles. The quantitative estimate of drug-likeness (QED) is 0.888. The van der Waals surface area contributed by atoms with Crippen molar-refractivity contribution in [2.45, 2.75) is 44.5 Å². The van der Waals surface area contributed by atoms with Crippen LogP contribution in [0.4, 0.5) is 4.79 Å². The largest absolute Gasteiger partial charge is 0.445 e. The summed E-state index contributed by atoms with van der Waals surface area (Å²) in [6.45, 7) is 0.882. The van der Waals surface area contributed by atoms with Gasteiger partial charge in [-0.3, -0.25) is 0 Å². The van der Waals surface area contributed by atoms with Crippen molar-refractivity contribution >= 4 is 6.09 Å². The predicted octanol–water partition coefficient (Wildman–Crippen LogP) is 3.95. The molecule has 0 aliphatic heterocycles. The van der Waals surface area contributed by atoms with Gasteiger partial charge in [0.05, 0.1) is 0 Å². The zero-order valence-corrected chi connectivity index (χ0v) is 15.0. The maximum atomic E-state index is 13.0. The third-order valence-electron chi connectivity index (χ3n) is 5.87. The van der Waals surface area contributed by atoms with Gasteiger partial charge >= 0.3 is 6.09 Å². The summed E-state index contributed by atoms with van der Waals surface area (Å²) in [5.41, 5.74) is 8.46. The van der Waals surface area contributed by atoms with Crippen LogP contribution >= 0.6 is 0 Å². The molecule has 0 aromatic heterocycles. The number of nitrogens with zero attached hydrogens (tertiary/aromatic N) is 1. The van der Waals surface area contributed by atoms with Gasteiger partial charge in [-0.15, -0.1) is 0 Å². The molecule has 0 radical (unpaired) electrons. The molecule has 0 heterocycles. The third-order valence-corrected chi connectivity index (χ3v) is 5.87. The average molecular weight is 350 g/mol. The number of amides is 1. The lowest BCUT2D eigenvalue weighted by molar-refractivity contribution is 0.0614.